The van der Waals surface area contributed by atoms with Gasteiger partial charge in [0, 0.05) is 49.4 Å². The van der Waals surface area contributed by atoms with Crippen molar-refractivity contribution in [2.45, 2.75) is 33.6 Å². The average molecular weight is 458 g/mol. The number of guanidine groups is 1. The fourth-order valence-corrected chi connectivity index (χ4v) is 2.81. The molecule has 0 aliphatic rings. The van der Waals surface area contributed by atoms with Gasteiger partial charge in [0.25, 0.3) is 0 Å². The van der Waals surface area contributed by atoms with Crippen molar-refractivity contribution in [3.8, 4) is 0 Å². The van der Waals surface area contributed by atoms with Gasteiger partial charge >= 0.3 is 0 Å². The SMILES string of the molecule is CCNC(=NCCCOCC)NCCc1c(C)[nH]c2ccccc12.I. The Balaban J connectivity index is 0.00000312. The maximum Gasteiger partial charge on any atom is 0.191 e. The van der Waals surface area contributed by atoms with Gasteiger partial charge in [0.2, 0.25) is 0 Å². The molecule has 1 aromatic heterocycles. The second-order valence-electron chi connectivity index (χ2n) is 5.76. The van der Waals surface area contributed by atoms with Gasteiger partial charge in [-0.1, -0.05) is 18.2 Å². The Morgan fingerprint density at radius 3 is 2.76 bits per heavy atom. The van der Waals surface area contributed by atoms with Gasteiger partial charge in [-0.15, -0.1) is 24.0 Å². The Hall–Kier alpha value is -1.28. The van der Waals surface area contributed by atoms with Crippen LogP contribution in [0.25, 0.3) is 10.9 Å². The van der Waals surface area contributed by atoms with Crippen LogP contribution in [0.3, 0.4) is 0 Å². The first kappa shape index (κ1) is 21.8. The minimum Gasteiger partial charge on any atom is -0.382 e. The first-order valence-electron chi connectivity index (χ1n) is 8.92. The van der Waals surface area contributed by atoms with Crippen molar-refractivity contribution in [2.75, 3.05) is 32.8 Å². The highest BCUT2D eigenvalue weighted by molar-refractivity contribution is 14.0. The van der Waals surface area contributed by atoms with Crippen LogP contribution in [-0.2, 0) is 11.2 Å². The van der Waals surface area contributed by atoms with Crippen LogP contribution < -0.4 is 10.6 Å². The molecule has 0 aliphatic carbocycles. The number of aliphatic imine (C=N–C) groups is 1. The number of aromatic nitrogens is 1. The van der Waals surface area contributed by atoms with Gasteiger partial charge < -0.3 is 20.4 Å². The number of aryl methyl sites for hydroxylation is 1. The summed E-state index contributed by atoms with van der Waals surface area (Å²) >= 11 is 0. The van der Waals surface area contributed by atoms with Crippen LogP contribution in [-0.4, -0.2) is 43.8 Å². The van der Waals surface area contributed by atoms with Crippen molar-refractivity contribution in [3.05, 3.63) is 35.5 Å². The van der Waals surface area contributed by atoms with Crippen LogP contribution >= 0.6 is 24.0 Å². The van der Waals surface area contributed by atoms with E-state index in [-0.39, 0.29) is 24.0 Å². The smallest absolute Gasteiger partial charge is 0.191 e. The van der Waals surface area contributed by atoms with E-state index in [4.69, 9.17) is 4.74 Å². The molecule has 6 heteroatoms. The van der Waals surface area contributed by atoms with Crippen molar-refractivity contribution in [1.29, 1.82) is 0 Å². The van der Waals surface area contributed by atoms with Crippen LogP contribution in [0.4, 0.5) is 0 Å². The summed E-state index contributed by atoms with van der Waals surface area (Å²) in [5.41, 5.74) is 3.84. The molecule has 0 amide bonds. The summed E-state index contributed by atoms with van der Waals surface area (Å²) in [6.07, 6.45) is 1.92. The van der Waals surface area contributed by atoms with Crippen LogP contribution in [0.15, 0.2) is 29.3 Å². The molecule has 2 aromatic rings. The molecule has 0 saturated heterocycles. The van der Waals surface area contributed by atoms with Crippen molar-refractivity contribution in [2.24, 2.45) is 4.99 Å². The monoisotopic (exact) mass is 458 g/mol. The summed E-state index contributed by atoms with van der Waals surface area (Å²) in [7, 11) is 0. The van der Waals surface area contributed by atoms with Gasteiger partial charge in [-0.3, -0.25) is 4.99 Å². The van der Waals surface area contributed by atoms with E-state index in [1.807, 2.05) is 6.92 Å². The minimum absolute atomic E-state index is 0. The quantitative estimate of drug-likeness (QED) is 0.233. The van der Waals surface area contributed by atoms with E-state index in [1.54, 1.807) is 0 Å². The molecule has 0 spiro atoms. The molecule has 0 fully saturated rings. The van der Waals surface area contributed by atoms with E-state index in [2.05, 4.69) is 58.7 Å². The topological polar surface area (TPSA) is 61.4 Å². The number of halogens is 1. The lowest BCUT2D eigenvalue weighted by Gasteiger charge is -2.11. The third-order valence-electron chi connectivity index (χ3n) is 3.96. The maximum absolute atomic E-state index is 5.35. The normalized spacial score (nSPS) is 11.4. The number of ether oxygens (including phenoxy) is 1. The Bertz CT molecular complexity index is 654. The second kappa shape index (κ2) is 12.1. The standard InChI is InChI=1S/C19H30N4O.HI/c1-4-20-19(21-12-8-14-24-5-2)22-13-11-16-15(3)23-18-10-7-6-9-17(16)18;/h6-7,9-10,23H,4-5,8,11-14H2,1-3H3,(H2,20,21,22);1H. The molecular weight excluding hydrogens is 427 g/mol. The lowest BCUT2D eigenvalue weighted by Crippen LogP contribution is -2.38. The van der Waals surface area contributed by atoms with Crippen LogP contribution in [0.2, 0.25) is 0 Å². The predicted molar refractivity (Wildman–Crippen MR) is 117 cm³/mol. The Labute approximate surface area is 168 Å². The molecule has 0 atom stereocenters. The number of nitrogens with zero attached hydrogens (tertiary/aromatic N) is 1. The van der Waals surface area contributed by atoms with Gasteiger partial charge in [-0.25, -0.2) is 0 Å². The first-order chi connectivity index (χ1) is 11.8. The third-order valence-corrected chi connectivity index (χ3v) is 3.96. The van der Waals surface area contributed by atoms with Crippen molar-refractivity contribution < 1.29 is 4.74 Å². The lowest BCUT2D eigenvalue weighted by molar-refractivity contribution is 0.146. The fraction of sp³-hybridized carbons (Fsp3) is 0.526. The molecule has 3 N–H and O–H groups in total. The molecule has 25 heavy (non-hydrogen) atoms. The molecule has 140 valence electrons. The van der Waals surface area contributed by atoms with E-state index in [0.29, 0.717) is 0 Å². The summed E-state index contributed by atoms with van der Waals surface area (Å²) < 4.78 is 5.35. The summed E-state index contributed by atoms with van der Waals surface area (Å²) in [5, 5.41) is 8.04. The molecule has 1 heterocycles. The van der Waals surface area contributed by atoms with Crippen LogP contribution in [0.5, 0.6) is 0 Å². The number of nitrogens with one attached hydrogen (secondary N) is 3. The van der Waals surface area contributed by atoms with Gasteiger partial charge in [-0.05, 0) is 45.2 Å². The van der Waals surface area contributed by atoms with E-state index < -0.39 is 0 Å². The Kier molecular flexibility index (Phi) is 10.6. The number of aromatic amines is 1. The zero-order valence-corrected chi connectivity index (χ0v) is 17.9. The van der Waals surface area contributed by atoms with E-state index in [1.165, 1.54) is 22.2 Å². The number of H-pyrrole nitrogens is 1. The molecule has 1 aromatic carbocycles. The van der Waals surface area contributed by atoms with E-state index >= 15 is 0 Å². The number of rotatable bonds is 9. The zero-order valence-electron chi connectivity index (χ0n) is 15.5. The molecule has 0 radical (unpaired) electrons. The molecule has 2 rings (SSSR count). The Morgan fingerprint density at radius 2 is 2.00 bits per heavy atom. The van der Waals surface area contributed by atoms with E-state index in [9.17, 15) is 0 Å². The van der Waals surface area contributed by atoms with Gasteiger partial charge in [-0.2, -0.15) is 0 Å². The Morgan fingerprint density at radius 1 is 1.20 bits per heavy atom. The third kappa shape index (κ3) is 6.86. The minimum atomic E-state index is 0. The highest BCUT2D eigenvalue weighted by atomic mass is 127. The fourth-order valence-electron chi connectivity index (χ4n) is 2.81. The number of hydrogen-bond acceptors (Lipinski definition) is 2. The molecule has 0 unspecified atom stereocenters. The van der Waals surface area contributed by atoms with Crippen molar-refractivity contribution in [1.82, 2.24) is 15.6 Å². The number of benzene rings is 1. The summed E-state index contributed by atoms with van der Waals surface area (Å²) in [6, 6.07) is 8.47. The predicted octanol–water partition coefficient (Wildman–Crippen LogP) is 3.62. The maximum atomic E-state index is 5.35. The number of fused-ring (bicyclic) bond motifs is 1. The molecule has 0 saturated carbocycles. The average Bonchev–Trinajstić information content (AvgIpc) is 2.90. The number of hydrogen-bond donors (Lipinski definition) is 3. The highest BCUT2D eigenvalue weighted by Crippen LogP contribution is 2.21. The molecular formula is C19H31IN4O. The zero-order chi connectivity index (χ0) is 17.2. The largest absolute Gasteiger partial charge is 0.382 e. The van der Waals surface area contributed by atoms with Crippen LogP contribution in [0.1, 0.15) is 31.5 Å². The van der Waals surface area contributed by atoms with Crippen molar-refractivity contribution in [3.63, 3.8) is 0 Å². The second-order valence-corrected chi connectivity index (χ2v) is 5.76. The summed E-state index contributed by atoms with van der Waals surface area (Å²) in [5.74, 6) is 0.881. The number of para-hydroxylation sites is 1. The molecule has 5 nitrogen and oxygen atoms in total. The summed E-state index contributed by atoms with van der Waals surface area (Å²) in [4.78, 5) is 8.05. The van der Waals surface area contributed by atoms with E-state index in [0.717, 1.165) is 51.6 Å². The van der Waals surface area contributed by atoms with Gasteiger partial charge in [0.05, 0.1) is 0 Å². The first-order valence-corrected chi connectivity index (χ1v) is 8.92. The van der Waals surface area contributed by atoms with Crippen LogP contribution in [0, 0.1) is 6.92 Å². The van der Waals surface area contributed by atoms with Crippen molar-refractivity contribution >= 4 is 40.8 Å². The van der Waals surface area contributed by atoms with Gasteiger partial charge in [0.1, 0.15) is 0 Å². The lowest BCUT2D eigenvalue weighted by atomic mass is 10.1. The highest BCUT2D eigenvalue weighted by Gasteiger charge is 2.07. The summed E-state index contributed by atoms with van der Waals surface area (Å²) in [6.45, 7) is 10.3. The molecule has 0 aliphatic heterocycles. The van der Waals surface area contributed by atoms with Gasteiger partial charge in [0.15, 0.2) is 5.96 Å². The molecule has 0 bridgehead atoms.